The van der Waals surface area contributed by atoms with E-state index >= 15 is 0 Å². The van der Waals surface area contributed by atoms with Gasteiger partial charge in [-0.15, -0.1) is 0 Å². The first-order chi connectivity index (χ1) is 15.5. The number of benzene rings is 1. The lowest BCUT2D eigenvalue weighted by Crippen LogP contribution is -2.34. The van der Waals surface area contributed by atoms with Gasteiger partial charge >= 0.3 is 0 Å². The van der Waals surface area contributed by atoms with Crippen molar-refractivity contribution >= 4 is 5.91 Å². The average molecular weight is 430 g/mol. The van der Waals surface area contributed by atoms with Gasteiger partial charge in [0.05, 0.1) is 19.3 Å². The number of aromatic nitrogens is 3. The maximum absolute atomic E-state index is 13.3. The summed E-state index contributed by atoms with van der Waals surface area (Å²) in [5.41, 5.74) is 2.35. The molecule has 0 aliphatic rings. The number of ether oxygens (including phenoxy) is 1. The van der Waals surface area contributed by atoms with Gasteiger partial charge in [0.25, 0.3) is 11.5 Å². The van der Waals surface area contributed by atoms with Gasteiger partial charge < -0.3 is 14.2 Å². The van der Waals surface area contributed by atoms with Gasteiger partial charge in [0.2, 0.25) is 0 Å². The molecule has 0 saturated heterocycles. The topological polar surface area (TPSA) is 90.5 Å². The SMILES string of the molecule is COc1ccccc1-n1ccc(C)c(C(=O)N(C)Cc2cc(-c3ccncc3)no2)c1=O. The molecule has 0 aliphatic carbocycles. The largest absolute Gasteiger partial charge is 0.495 e. The Hall–Kier alpha value is -4.20. The molecular formula is C24H22N4O4. The van der Waals surface area contributed by atoms with Crippen LogP contribution in [0.15, 0.2) is 76.4 Å². The Bertz CT molecular complexity index is 1310. The number of carbonyl (C=O) groups excluding carboxylic acids is 1. The van der Waals surface area contributed by atoms with E-state index in [-0.39, 0.29) is 12.1 Å². The molecule has 1 amide bonds. The van der Waals surface area contributed by atoms with E-state index in [0.717, 1.165) is 5.56 Å². The summed E-state index contributed by atoms with van der Waals surface area (Å²) in [5, 5.41) is 4.06. The first-order valence-corrected chi connectivity index (χ1v) is 9.96. The maximum atomic E-state index is 13.3. The molecule has 3 aromatic heterocycles. The van der Waals surface area contributed by atoms with Gasteiger partial charge in [-0.25, -0.2) is 0 Å². The van der Waals surface area contributed by atoms with Gasteiger partial charge in [0, 0.05) is 37.3 Å². The van der Waals surface area contributed by atoms with Crippen molar-refractivity contribution in [1.29, 1.82) is 0 Å². The van der Waals surface area contributed by atoms with Crippen LogP contribution in [0.1, 0.15) is 21.7 Å². The van der Waals surface area contributed by atoms with Crippen LogP contribution in [0.5, 0.6) is 5.75 Å². The molecular weight excluding hydrogens is 408 g/mol. The van der Waals surface area contributed by atoms with Gasteiger partial charge in [-0.05, 0) is 42.8 Å². The molecule has 0 radical (unpaired) electrons. The van der Waals surface area contributed by atoms with E-state index in [9.17, 15) is 9.59 Å². The molecule has 0 spiro atoms. The average Bonchev–Trinajstić information content (AvgIpc) is 3.28. The molecule has 1 aromatic carbocycles. The molecule has 3 heterocycles. The first kappa shape index (κ1) is 21.0. The molecule has 4 rings (SSSR count). The number of hydrogen-bond donors (Lipinski definition) is 0. The number of hydrogen-bond acceptors (Lipinski definition) is 6. The normalized spacial score (nSPS) is 10.7. The quantitative estimate of drug-likeness (QED) is 0.465. The van der Waals surface area contributed by atoms with Crippen molar-refractivity contribution < 1.29 is 14.1 Å². The van der Waals surface area contributed by atoms with Crippen LogP contribution in [0.3, 0.4) is 0 Å². The van der Waals surface area contributed by atoms with Crippen LogP contribution in [0.4, 0.5) is 0 Å². The smallest absolute Gasteiger partial charge is 0.268 e. The van der Waals surface area contributed by atoms with Crippen LogP contribution in [0, 0.1) is 6.92 Å². The fourth-order valence-electron chi connectivity index (χ4n) is 3.45. The molecule has 0 unspecified atom stereocenters. The number of para-hydroxylation sites is 2. The van der Waals surface area contributed by atoms with E-state index in [2.05, 4.69) is 10.1 Å². The number of nitrogens with zero attached hydrogens (tertiary/aromatic N) is 4. The van der Waals surface area contributed by atoms with E-state index in [0.29, 0.717) is 28.5 Å². The summed E-state index contributed by atoms with van der Waals surface area (Å²) < 4.78 is 12.2. The van der Waals surface area contributed by atoms with Gasteiger partial charge in [0.15, 0.2) is 5.76 Å². The van der Waals surface area contributed by atoms with Crippen LogP contribution in [-0.4, -0.2) is 39.7 Å². The lowest BCUT2D eigenvalue weighted by Gasteiger charge is -2.18. The number of rotatable bonds is 6. The number of carbonyl (C=O) groups is 1. The highest BCUT2D eigenvalue weighted by Crippen LogP contribution is 2.22. The molecule has 32 heavy (non-hydrogen) atoms. The standard InChI is InChI=1S/C24H22N4O4/c1-16-10-13-28(20-6-4-5-7-21(20)31-3)24(30)22(16)23(29)27(2)15-18-14-19(26-32-18)17-8-11-25-12-9-17/h4-14H,15H2,1-3H3. The summed E-state index contributed by atoms with van der Waals surface area (Å²) in [6, 6.07) is 14.3. The second kappa shape index (κ2) is 8.89. The van der Waals surface area contributed by atoms with E-state index in [4.69, 9.17) is 9.26 Å². The van der Waals surface area contributed by atoms with Crippen LogP contribution < -0.4 is 10.3 Å². The van der Waals surface area contributed by atoms with Crippen molar-refractivity contribution in [3.63, 3.8) is 0 Å². The third-order valence-electron chi connectivity index (χ3n) is 5.13. The number of amides is 1. The van der Waals surface area contributed by atoms with Crippen molar-refractivity contribution in [3.05, 3.63) is 94.4 Å². The maximum Gasteiger partial charge on any atom is 0.268 e. The molecule has 8 heteroatoms. The Morgan fingerprint density at radius 1 is 1.16 bits per heavy atom. The molecule has 0 saturated carbocycles. The third kappa shape index (κ3) is 4.02. The lowest BCUT2D eigenvalue weighted by atomic mass is 10.1. The Labute approximate surface area is 184 Å². The van der Waals surface area contributed by atoms with Gasteiger partial charge in [-0.3, -0.25) is 19.1 Å². The predicted octanol–water partition coefficient (Wildman–Crippen LogP) is 3.48. The van der Waals surface area contributed by atoms with Gasteiger partial charge in [-0.2, -0.15) is 0 Å². The number of pyridine rings is 2. The second-order valence-corrected chi connectivity index (χ2v) is 7.30. The Morgan fingerprint density at radius 3 is 2.66 bits per heavy atom. The van der Waals surface area contributed by atoms with E-state index in [1.165, 1.54) is 16.6 Å². The summed E-state index contributed by atoms with van der Waals surface area (Å²) in [6.07, 6.45) is 4.98. The molecule has 162 valence electrons. The van der Waals surface area contributed by atoms with E-state index in [1.807, 2.05) is 24.3 Å². The Balaban J connectivity index is 1.62. The molecule has 0 atom stereocenters. The van der Waals surface area contributed by atoms with Crippen molar-refractivity contribution in [3.8, 4) is 22.7 Å². The monoisotopic (exact) mass is 430 g/mol. The lowest BCUT2D eigenvalue weighted by molar-refractivity contribution is 0.0769. The third-order valence-corrected chi connectivity index (χ3v) is 5.13. The van der Waals surface area contributed by atoms with Crippen molar-refractivity contribution in [2.45, 2.75) is 13.5 Å². The highest BCUT2D eigenvalue weighted by Gasteiger charge is 2.22. The molecule has 4 aromatic rings. The summed E-state index contributed by atoms with van der Waals surface area (Å²) in [6.45, 7) is 1.91. The highest BCUT2D eigenvalue weighted by molar-refractivity contribution is 5.95. The fraction of sp³-hybridized carbons (Fsp3) is 0.167. The predicted molar refractivity (Wildman–Crippen MR) is 119 cm³/mol. The Morgan fingerprint density at radius 2 is 1.91 bits per heavy atom. The number of methoxy groups -OCH3 is 1. The van der Waals surface area contributed by atoms with Crippen LogP contribution in [-0.2, 0) is 6.54 Å². The van der Waals surface area contributed by atoms with Gasteiger partial charge in [-0.1, -0.05) is 17.3 Å². The van der Waals surface area contributed by atoms with E-state index in [1.54, 1.807) is 56.8 Å². The zero-order chi connectivity index (χ0) is 22.7. The minimum atomic E-state index is -0.415. The van der Waals surface area contributed by atoms with Crippen LogP contribution >= 0.6 is 0 Å². The van der Waals surface area contributed by atoms with Gasteiger partial charge in [0.1, 0.15) is 17.0 Å². The molecule has 0 fully saturated rings. The zero-order valence-electron chi connectivity index (χ0n) is 18.0. The summed E-state index contributed by atoms with van der Waals surface area (Å²) in [4.78, 5) is 31.9. The van der Waals surface area contributed by atoms with E-state index < -0.39 is 11.5 Å². The molecule has 0 aliphatic heterocycles. The van der Waals surface area contributed by atoms with Crippen molar-refractivity contribution in [1.82, 2.24) is 19.6 Å². The first-order valence-electron chi connectivity index (χ1n) is 9.96. The summed E-state index contributed by atoms with van der Waals surface area (Å²) in [5.74, 6) is 0.639. The minimum absolute atomic E-state index is 0.0924. The van der Waals surface area contributed by atoms with Crippen LogP contribution in [0.25, 0.3) is 16.9 Å². The fourth-order valence-corrected chi connectivity index (χ4v) is 3.45. The summed E-state index contributed by atoms with van der Waals surface area (Å²) in [7, 11) is 3.16. The van der Waals surface area contributed by atoms with Crippen molar-refractivity contribution in [2.75, 3.05) is 14.2 Å². The number of aryl methyl sites for hydroxylation is 1. The molecule has 0 N–H and O–H groups in total. The minimum Gasteiger partial charge on any atom is -0.495 e. The highest BCUT2D eigenvalue weighted by atomic mass is 16.5. The Kier molecular flexibility index (Phi) is 5.85. The second-order valence-electron chi connectivity index (χ2n) is 7.30. The zero-order valence-corrected chi connectivity index (χ0v) is 18.0. The van der Waals surface area contributed by atoms with Crippen molar-refractivity contribution in [2.24, 2.45) is 0 Å². The summed E-state index contributed by atoms with van der Waals surface area (Å²) >= 11 is 0. The molecule has 0 bridgehead atoms. The molecule has 8 nitrogen and oxygen atoms in total. The van der Waals surface area contributed by atoms with Crippen LogP contribution in [0.2, 0.25) is 0 Å².